The number of halogens is 1. The second kappa shape index (κ2) is 5.36. The van der Waals surface area contributed by atoms with E-state index >= 15 is 0 Å². The molecule has 0 spiro atoms. The Morgan fingerprint density at radius 1 is 1.33 bits per heavy atom. The van der Waals surface area contributed by atoms with E-state index in [0.717, 1.165) is 29.8 Å². The SMILES string of the molecule is CCCc1nc(-c2ccc(C)c(Cl)c2)cc(=O)[nH]1. The molecule has 0 amide bonds. The van der Waals surface area contributed by atoms with Crippen molar-refractivity contribution in [2.75, 3.05) is 0 Å². The highest BCUT2D eigenvalue weighted by Crippen LogP contribution is 2.23. The van der Waals surface area contributed by atoms with Crippen LogP contribution in [0.3, 0.4) is 0 Å². The number of hydrogen-bond donors (Lipinski definition) is 1. The van der Waals surface area contributed by atoms with Crippen LogP contribution in [0.25, 0.3) is 11.3 Å². The predicted molar refractivity (Wildman–Crippen MR) is 74.0 cm³/mol. The molecule has 18 heavy (non-hydrogen) atoms. The maximum Gasteiger partial charge on any atom is 0.251 e. The van der Waals surface area contributed by atoms with Crippen molar-refractivity contribution in [1.82, 2.24) is 9.97 Å². The van der Waals surface area contributed by atoms with E-state index < -0.39 is 0 Å². The molecule has 0 saturated carbocycles. The summed E-state index contributed by atoms with van der Waals surface area (Å²) in [5.74, 6) is 0.719. The highest BCUT2D eigenvalue weighted by atomic mass is 35.5. The summed E-state index contributed by atoms with van der Waals surface area (Å²) in [5.41, 5.74) is 2.43. The van der Waals surface area contributed by atoms with Crippen LogP contribution >= 0.6 is 11.6 Å². The molecule has 0 fully saturated rings. The zero-order chi connectivity index (χ0) is 13.1. The zero-order valence-corrected chi connectivity index (χ0v) is 11.2. The van der Waals surface area contributed by atoms with Gasteiger partial charge in [-0.3, -0.25) is 4.79 Å². The molecule has 0 bridgehead atoms. The van der Waals surface area contributed by atoms with Crippen molar-refractivity contribution >= 4 is 11.6 Å². The number of hydrogen-bond acceptors (Lipinski definition) is 2. The van der Waals surface area contributed by atoms with Crippen molar-refractivity contribution in [1.29, 1.82) is 0 Å². The third-order valence-electron chi connectivity index (χ3n) is 2.75. The van der Waals surface area contributed by atoms with Crippen LogP contribution in [-0.2, 0) is 6.42 Å². The Balaban J connectivity index is 2.49. The van der Waals surface area contributed by atoms with Gasteiger partial charge in [-0.1, -0.05) is 30.7 Å². The fourth-order valence-corrected chi connectivity index (χ4v) is 1.94. The van der Waals surface area contributed by atoms with Gasteiger partial charge in [0, 0.05) is 23.1 Å². The summed E-state index contributed by atoms with van der Waals surface area (Å²) in [5, 5.41) is 0.687. The Labute approximate surface area is 111 Å². The molecular formula is C14H15ClN2O. The summed E-state index contributed by atoms with van der Waals surface area (Å²) in [4.78, 5) is 18.8. The Hall–Kier alpha value is -1.61. The summed E-state index contributed by atoms with van der Waals surface area (Å²) in [6, 6.07) is 7.20. The zero-order valence-electron chi connectivity index (χ0n) is 10.5. The van der Waals surface area contributed by atoms with Crippen molar-refractivity contribution in [2.45, 2.75) is 26.7 Å². The topological polar surface area (TPSA) is 45.8 Å². The van der Waals surface area contributed by atoms with E-state index in [-0.39, 0.29) is 5.56 Å². The van der Waals surface area contributed by atoms with Gasteiger partial charge in [0.05, 0.1) is 5.69 Å². The molecule has 1 heterocycles. The maximum absolute atomic E-state index is 11.6. The molecule has 4 heteroatoms. The third-order valence-corrected chi connectivity index (χ3v) is 3.15. The average molecular weight is 263 g/mol. The van der Waals surface area contributed by atoms with Crippen molar-refractivity contribution in [3.8, 4) is 11.3 Å². The second-order valence-corrected chi connectivity index (χ2v) is 4.70. The molecule has 0 saturated heterocycles. The molecule has 0 unspecified atom stereocenters. The number of rotatable bonds is 3. The first kappa shape index (κ1) is 12.8. The van der Waals surface area contributed by atoms with Gasteiger partial charge in [-0.2, -0.15) is 0 Å². The number of benzene rings is 1. The molecule has 2 rings (SSSR count). The Morgan fingerprint density at radius 2 is 2.11 bits per heavy atom. The van der Waals surface area contributed by atoms with Gasteiger partial charge in [0.2, 0.25) is 0 Å². The monoisotopic (exact) mass is 262 g/mol. The number of aryl methyl sites for hydroxylation is 2. The fourth-order valence-electron chi connectivity index (χ4n) is 1.76. The van der Waals surface area contributed by atoms with E-state index in [2.05, 4.69) is 16.9 Å². The second-order valence-electron chi connectivity index (χ2n) is 4.29. The van der Waals surface area contributed by atoms with Crippen LogP contribution < -0.4 is 5.56 Å². The van der Waals surface area contributed by atoms with Crippen LogP contribution in [0.15, 0.2) is 29.1 Å². The normalized spacial score (nSPS) is 10.6. The largest absolute Gasteiger partial charge is 0.311 e. The summed E-state index contributed by atoms with van der Waals surface area (Å²) < 4.78 is 0. The van der Waals surface area contributed by atoms with Gasteiger partial charge < -0.3 is 4.98 Å². The molecule has 0 aliphatic carbocycles. The van der Waals surface area contributed by atoms with Gasteiger partial charge in [-0.15, -0.1) is 0 Å². The number of aromatic amines is 1. The Morgan fingerprint density at radius 3 is 2.78 bits per heavy atom. The summed E-state index contributed by atoms with van der Waals surface area (Å²) >= 11 is 6.09. The smallest absolute Gasteiger partial charge is 0.251 e. The summed E-state index contributed by atoms with van der Waals surface area (Å²) in [6.07, 6.45) is 1.71. The summed E-state index contributed by atoms with van der Waals surface area (Å²) in [6.45, 7) is 4.00. The molecule has 1 N–H and O–H groups in total. The molecule has 94 valence electrons. The maximum atomic E-state index is 11.6. The lowest BCUT2D eigenvalue weighted by Crippen LogP contribution is -2.11. The fraction of sp³-hybridized carbons (Fsp3) is 0.286. The van der Waals surface area contributed by atoms with Crippen LogP contribution in [-0.4, -0.2) is 9.97 Å². The van der Waals surface area contributed by atoms with Gasteiger partial charge in [0.1, 0.15) is 5.82 Å². The van der Waals surface area contributed by atoms with Gasteiger partial charge in [-0.25, -0.2) is 4.98 Å². The van der Waals surface area contributed by atoms with E-state index in [4.69, 9.17) is 11.6 Å². The van der Waals surface area contributed by atoms with Crippen molar-refractivity contribution in [3.05, 3.63) is 51.0 Å². The summed E-state index contributed by atoms with van der Waals surface area (Å²) in [7, 11) is 0. The van der Waals surface area contributed by atoms with Gasteiger partial charge in [0.15, 0.2) is 0 Å². The molecule has 0 atom stereocenters. The van der Waals surface area contributed by atoms with Crippen LogP contribution in [0, 0.1) is 6.92 Å². The quantitative estimate of drug-likeness (QED) is 0.922. The molecule has 0 aliphatic rings. The van der Waals surface area contributed by atoms with Crippen molar-refractivity contribution < 1.29 is 0 Å². The lowest BCUT2D eigenvalue weighted by atomic mass is 10.1. The lowest BCUT2D eigenvalue weighted by Gasteiger charge is -2.05. The van der Waals surface area contributed by atoms with E-state index in [9.17, 15) is 4.79 Å². The molecule has 0 radical (unpaired) electrons. The van der Waals surface area contributed by atoms with E-state index in [1.54, 1.807) is 0 Å². The molecule has 3 nitrogen and oxygen atoms in total. The van der Waals surface area contributed by atoms with Crippen LogP contribution in [0.4, 0.5) is 0 Å². The van der Waals surface area contributed by atoms with Gasteiger partial charge in [0.25, 0.3) is 5.56 Å². The van der Waals surface area contributed by atoms with Crippen LogP contribution in [0.5, 0.6) is 0 Å². The molecule has 1 aromatic carbocycles. The van der Waals surface area contributed by atoms with E-state index in [1.165, 1.54) is 6.07 Å². The number of nitrogens with one attached hydrogen (secondary N) is 1. The Kier molecular flexibility index (Phi) is 3.82. The van der Waals surface area contributed by atoms with Crippen molar-refractivity contribution in [2.24, 2.45) is 0 Å². The molecule has 0 aliphatic heterocycles. The van der Waals surface area contributed by atoms with E-state index in [0.29, 0.717) is 10.7 Å². The molecule has 2 aromatic rings. The Bertz CT molecular complexity index is 619. The average Bonchev–Trinajstić information content (AvgIpc) is 2.32. The third kappa shape index (κ3) is 2.79. The van der Waals surface area contributed by atoms with Crippen LogP contribution in [0.2, 0.25) is 5.02 Å². The minimum absolute atomic E-state index is 0.125. The highest BCUT2D eigenvalue weighted by molar-refractivity contribution is 6.31. The number of H-pyrrole nitrogens is 1. The first-order valence-electron chi connectivity index (χ1n) is 5.97. The first-order chi connectivity index (χ1) is 8.60. The number of nitrogens with zero attached hydrogens (tertiary/aromatic N) is 1. The van der Waals surface area contributed by atoms with E-state index in [1.807, 2.05) is 25.1 Å². The van der Waals surface area contributed by atoms with Gasteiger partial charge >= 0.3 is 0 Å². The minimum atomic E-state index is -0.125. The minimum Gasteiger partial charge on any atom is -0.311 e. The highest BCUT2D eigenvalue weighted by Gasteiger charge is 2.05. The molecular weight excluding hydrogens is 248 g/mol. The lowest BCUT2D eigenvalue weighted by molar-refractivity contribution is 0.827. The van der Waals surface area contributed by atoms with Crippen LogP contribution in [0.1, 0.15) is 24.7 Å². The predicted octanol–water partition coefficient (Wildman–Crippen LogP) is 3.35. The first-order valence-corrected chi connectivity index (χ1v) is 6.34. The van der Waals surface area contributed by atoms with Crippen molar-refractivity contribution in [3.63, 3.8) is 0 Å². The molecule has 1 aromatic heterocycles. The number of aromatic nitrogens is 2. The van der Waals surface area contributed by atoms with Gasteiger partial charge in [-0.05, 0) is 25.0 Å². The standard InChI is InChI=1S/C14H15ClN2O/c1-3-4-13-16-12(8-14(18)17-13)10-6-5-9(2)11(15)7-10/h5-8H,3-4H2,1-2H3,(H,16,17,18).